The molecule has 0 aromatic heterocycles. The molecule has 1 aliphatic carbocycles. The quantitative estimate of drug-likeness (QED) is 0.630. The van der Waals surface area contributed by atoms with E-state index in [-0.39, 0.29) is 12.0 Å². The van der Waals surface area contributed by atoms with E-state index in [1.165, 1.54) is 5.57 Å². The van der Waals surface area contributed by atoms with Crippen molar-refractivity contribution >= 4 is 0 Å². The molecule has 0 atom stereocenters. The molecule has 0 aromatic rings. The molecular formula is C9H16O2. The van der Waals surface area contributed by atoms with Gasteiger partial charge in [-0.3, -0.25) is 0 Å². The zero-order chi connectivity index (χ0) is 8.48. The summed E-state index contributed by atoms with van der Waals surface area (Å²) in [6.07, 6.45) is 2.29. The van der Waals surface area contributed by atoms with E-state index in [9.17, 15) is 0 Å². The molecule has 1 N–H and O–H groups in total. The molecule has 0 bridgehead atoms. The van der Waals surface area contributed by atoms with Crippen LogP contribution in [0.3, 0.4) is 0 Å². The van der Waals surface area contributed by atoms with Crippen molar-refractivity contribution in [1.29, 1.82) is 0 Å². The van der Waals surface area contributed by atoms with Crippen molar-refractivity contribution in [2.45, 2.75) is 26.7 Å². The molecule has 0 radical (unpaired) electrons. The van der Waals surface area contributed by atoms with Crippen LogP contribution in [0.2, 0.25) is 0 Å². The van der Waals surface area contributed by atoms with Crippen molar-refractivity contribution in [2.75, 3.05) is 13.7 Å². The van der Waals surface area contributed by atoms with Crippen LogP contribution in [0.5, 0.6) is 0 Å². The highest BCUT2D eigenvalue weighted by Crippen LogP contribution is 2.39. The Kier molecular flexibility index (Phi) is 2.23. The predicted molar refractivity (Wildman–Crippen MR) is 44.1 cm³/mol. The minimum atomic E-state index is -0.194. The van der Waals surface area contributed by atoms with E-state index in [0.29, 0.717) is 0 Å². The molecule has 64 valence electrons. The van der Waals surface area contributed by atoms with Gasteiger partial charge in [0.2, 0.25) is 0 Å². The molecule has 0 aromatic carbocycles. The smallest absolute Gasteiger partial charge is 0.103 e. The molecule has 2 heteroatoms. The number of allylic oxidation sites excluding steroid dienone is 1. The summed E-state index contributed by atoms with van der Waals surface area (Å²) in [7, 11) is 1.68. The Balaban J connectivity index is 2.77. The molecular weight excluding hydrogens is 140 g/mol. The average molecular weight is 156 g/mol. The Morgan fingerprint density at radius 1 is 1.55 bits per heavy atom. The predicted octanol–water partition coefficient (Wildman–Crippen LogP) is 1.70. The highest BCUT2D eigenvalue weighted by molar-refractivity contribution is 5.25. The maximum absolute atomic E-state index is 9.06. The van der Waals surface area contributed by atoms with Crippen LogP contribution in [0, 0.1) is 5.41 Å². The number of hydrogen-bond acceptors (Lipinski definition) is 2. The molecule has 11 heavy (non-hydrogen) atoms. The summed E-state index contributed by atoms with van der Waals surface area (Å²) in [5.41, 5.74) is 1.17. The number of methoxy groups -OCH3 is 1. The van der Waals surface area contributed by atoms with Gasteiger partial charge in [-0.05, 0) is 18.4 Å². The van der Waals surface area contributed by atoms with Crippen LogP contribution in [0.4, 0.5) is 0 Å². The van der Waals surface area contributed by atoms with E-state index in [4.69, 9.17) is 9.84 Å². The van der Waals surface area contributed by atoms with Crippen molar-refractivity contribution < 1.29 is 9.84 Å². The maximum atomic E-state index is 9.06. The van der Waals surface area contributed by atoms with Crippen LogP contribution in [-0.4, -0.2) is 18.8 Å². The van der Waals surface area contributed by atoms with Crippen LogP contribution >= 0.6 is 0 Å². The fraction of sp³-hybridized carbons (Fsp3) is 0.778. The van der Waals surface area contributed by atoms with E-state index in [1.54, 1.807) is 7.11 Å². The Hall–Kier alpha value is -0.500. The highest BCUT2D eigenvalue weighted by Gasteiger charge is 2.30. The largest absolute Gasteiger partial charge is 0.500 e. The molecule has 0 amide bonds. The van der Waals surface area contributed by atoms with Gasteiger partial charge in [0.15, 0.2) is 0 Å². The van der Waals surface area contributed by atoms with E-state index in [2.05, 4.69) is 0 Å². The third-order valence-electron chi connectivity index (χ3n) is 2.04. The second-order valence-corrected chi connectivity index (χ2v) is 3.68. The van der Waals surface area contributed by atoms with Crippen molar-refractivity contribution in [3.05, 3.63) is 11.3 Å². The summed E-state index contributed by atoms with van der Waals surface area (Å²) in [5, 5.41) is 9.06. The molecule has 1 fully saturated rings. The van der Waals surface area contributed by atoms with Gasteiger partial charge in [0.05, 0.1) is 13.7 Å². The van der Waals surface area contributed by atoms with Crippen molar-refractivity contribution in [2.24, 2.45) is 5.41 Å². The number of aliphatic hydroxyl groups is 1. The van der Waals surface area contributed by atoms with Gasteiger partial charge in [0.1, 0.15) is 5.76 Å². The molecule has 2 nitrogen and oxygen atoms in total. The van der Waals surface area contributed by atoms with Gasteiger partial charge >= 0.3 is 0 Å². The summed E-state index contributed by atoms with van der Waals surface area (Å²) in [6, 6.07) is 0. The third kappa shape index (κ3) is 1.74. The SMILES string of the molecule is COC(=C1CC1)C(C)(C)CO. The molecule has 1 rings (SSSR count). The van der Waals surface area contributed by atoms with Gasteiger partial charge < -0.3 is 9.84 Å². The fourth-order valence-electron chi connectivity index (χ4n) is 1.26. The summed E-state index contributed by atoms with van der Waals surface area (Å²) >= 11 is 0. The molecule has 0 aliphatic heterocycles. The number of hydrogen-bond donors (Lipinski definition) is 1. The Bertz CT molecular complexity index is 174. The maximum Gasteiger partial charge on any atom is 0.103 e. The van der Waals surface area contributed by atoms with E-state index >= 15 is 0 Å². The first-order chi connectivity index (χ1) is 5.11. The van der Waals surface area contributed by atoms with Gasteiger partial charge in [-0.15, -0.1) is 0 Å². The summed E-state index contributed by atoms with van der Waals surface area (Å²) in [5.74, 6) is 0.986. The number of aliphatic hydroxyl groups excluding tert-OH is 1. The first-order valence-corrected chi connectivity index (χ1v) is 3.99. The van der Waals surface area contributed by atoms with Crippen LogP contribution in [0.25, 0.3) is 0 Å². The van der Waals surface area contributed by atoms with E-state index in [1.807, 2.05) is 13.8 Å². The lowest BCUT2D eigenvalue weighted by Gasteiger charge is -2.24. The third-order valence-corrected chi connectivity index (χ3v) is 2.04. The van der Waals surface area contributed by atoms with Gasteiger partial charge in [-0.25, -0.2) is 0 Å². The zero-order valence-corrected chi connectivity index (χ0v) is 7.48. The highest BCUT2D eigenvalue weighted by atomic mass is 16.5. The van der Waals surface area contributed by atoms with Crippen molar-refractivity contribution in [3.8, 4) is 0 Å². The van der Waals surface area contributed by atoms with E-state index < -0.39 is 0 Å². The van der Waals surface area contributed by atoms with Crippen LogP contribution in [0.1, 0.15) is 26.7 Å². The summed E-state index contributed by atoms with van der Waals surface area (Å²) in [6.45, 7) is 4.15. The first kappa shape index (κ1) is 8.60. The van der Waals surface area contributed by atoms with Gasteiger partial charge in [-0.1, -0.05) is 13.8 Å². The number of ether oxygens (including phenoxy) is 1. The Labute approximate surface area is 67.9 Å². The average Bonchev–Trinajstić information content (AvgIpc) is 2.73. The minimum Gasteiger partial charge on any atom is -0.500 e. The molecule has 0 saturated heterocycles. The van der Waals surface area contributed by atoms with Crippen LogP contribution in [0.15, 0.2) is 11.3 Å². The molecule has 1 aliphatic rings. The van der Waals surface area contributed by atoms with Crippen LogP contribution in [-0.2, 0) is 4.74 Å². The van der Waals surface area contributed by atoms with Crippen molar-refractivity contribution in [3.63, 3.8) is 0 Å². The lowest BCUT2D eigenvalue weighted by Crippen LogP contribution is -2.21. The Morgan fingerprint density at radius 2 is 2.09 bits per heavy atom. The number of rotatable bonds is 3. The van der Waals surface area contributed by atoms with Crippen LogP contribution < -0.4 is 0 Å². The minimum absolute atomic E-state index is 0.152. The van der Waals surface area contributed by atoms with Gasteiger partial charge in [0.25, 0.3) is 0 Å². The van der Waals surface area contributed by atoms with E-state index in [0.717, 1.165) is 18.6 Å². The standard InChI is InChI=1S/C9H16O2/c1-9(2,6-10)8(11-3)7-4-5-7/h10H,4-6H2,1-3H3. The molecule has 1 saturated carbocycles. The normalized spacial score (nSPS) is 16.5. The molecule has 0 unspecified atom stereocenters. The Morgan fingerprint density at radius 3 is 2.36 bits per heavy atom. The fourth-order valence-corrected chi connectivity index (χ4v) is 1.26. The van der Waals surface area contributed by atoms with Crippen molar-refractivity contribution in [1.82, 2.24) is 0 Å². The summed E-state index contributed by atoms with van der Waals surface area (Å²) in [4.78, 5) is 0. The first-order valence-electron chi connectivity index (χ1n) is 3.99. The zero-order valence-electron chi connectivity index (χ0n) is 7.48. The monoisotopic (exact) mass is 156 g/mol. The molecule has 0 heterocycles. The van der Waals surface area contributed by atoms with Gasteiger partial charge in [0, 0.05) is 5.41 Å². The van der Waals surface area contributed by atoms with Gasteiger partial charge in [-0.2, -0.15) is 0 Å². The lowest BCUT2D eigenvalue weighted by atomic mass is 9.91. The summed E-state index contributed by atoms with van der Waals surface area (Å²) < 4.78 is 5.25. The second-order valence-electron chi connectivity index (χ2n) is 3.68. The second kappa shape index (κ2) is 2.86. The topological polar surface area (TPSA) is 29.5 Å². The lowest BCUT2D eigenvalue weighted by molar-refractivity contribution is 0.118. The molecule has 0 spiro atoms.